The summed E-state index contributed by atoms with van der Waals surface area (Å²) in [7, 11) is 0. The summed E-state index contributed by atoms with van der Waals surface area (Å²) in [5, 5.41) is 0. The van der Waals surface area contributed by atoms with Gasteiger partial charge in [0.15, 0.2) is 0 Å². The first kappa shape index (κ1) is 24.5. The quantitative estimate of drug-likeness (QED) is 0.375. The Balaban J connectivity index is 2.27. The maximum atomic E-state index is 2.71. The molecule has 0 bridgehead atoms. The van der Waals surface area contributed by atoms with E-state index in [1.54, 1.807) is 16.7 Å². The van der Waals surface area contributed by atoms with Gasteiger partial charge in [0.25, 0.3) is 0 Å². The van der Waals surface area contributed by atoms with Crippen LogP contribution in [-0.2, 0) is 5.41 Å². The van der Waals surface area contributed by atoms with E-state index < -0.39 is 0 Å². The van der Waals surface area contributed by atoms with Crippen molar-refractivity contribution in [2.75, 3.05) is 0 Å². The van der Waals surface area contributed by atoms with Crippen LogP contribution in [0.15, 0.2) is 107 Å². The fourth-order valence-corrected chi connectivity index (χ4v) is 7.61. The molecule has 0 amide bonds. The average Bonchev–Trinajstić information content (AvgIpc) is 3.35. The minimum absolute atomic E-state index is 0.105. The zero-order valence-corrected chi connectivity index (χ0v) is 22.3. The topological polar surface area (TPSA) is 0 Å². The molecule has 0 radical (unpaired) electrons. The SMILES string of the molecule is CCC1=CC(CC)(C(c2ccccc2)(c2ccccc2)C2(C)C=CC(C)=C2C)C(CC)=C1CC. The molecule has 0 fully saturated rings. The van der Waals surface area contributed by atoms with Crippen molar-refractivity contribution in [1.29, 1.82) is 0 Å². The Morgan fingerprint density at radius 1 is 0.735 bits per heavy atom. The van der Waals surface area contributed by atoms with E-state index in [1.807, 2.05) is 0 Å². The fourth-order valence-electron chi connectivity index (χ4n) is 7.61. The first-order chi connectivity index (χ1) is 16.4. The van der Waals surface area contributed by atoms with Crippen LogP contribution in [0, 0.1) is 10.8 Å². The van der Waals surface area contributed by atoms with E-state index >= 15 is 0 Å². The van der Waals surface area contributed by atoms with Gasteiger partial charge < -0.3 is 0 Å². The predicted octanol–water partition coefficient (Wildman–Crippen LogP) is 9.75. The summed E-state index contributed by atoms with van der Waals surface area (Å²) in [4.78, 5) is 0. The lowest BCUT2D eigenvalue weighted by molar-refractivity contribution is 0.146. The zero-order valence-electron chi connectivity index (χ0n) is 22.3. The molecule has 2 unspecified atom stereocenters. The van der Waals surface area contributed by atoms with Gasteiger partial charge >= 0.3 is 0 Å². The van der Waals surface area contributed by atoms with Gasteiger partial charge in [-0.05, 0) is 61.8 Å². The standard InChI is InChI=1S/C34H42/c1-8-27-24-33(11-4,31(10-3)30(27)9-2)34(28-18-14-12-15-19-28,29-20-16-13-17-21-29)32(7)23-22-25(5)26(32)6/h12-24H,8-11H2,1-7H3. The van der Waals surface area contributed by atoms with E-state index in [0.29, 0.717) is 0 Å². The first-order valence-corrected chi connectivity index (χ1v) is 13.3. The molecule has 178 valence electrons. The van der Waals surface area contributed by atoms with Crippen molar-refractivity contribution in [3.63, 3.8) is 0 Å². The summed E-state index contributed by atoms with van der Waals surface area (Å²) in [6, 6.07) is 22.8. The smallest absolute Gasteiger partial charge is 0.0456 e. The molecule has 2 aliphatic rings. The van der Waals surface area contributed by atoms with Gasteiger partial charge in [0.05, 0.1) is 0 Å². The van der Waals surface area contributed by atoms with Crippen molar-refractivity contribution >= 4 is 0 Å². The second-order valence-corrected chi connectivity index (χ2v) is 10.3. The minimum Gasteiger partial charge on any atom is -0.0730 e. The van der Waals surface area contributed by atoms with Crippen LogP contribution in [0.1, 0.15) is 85.3 Å². The molecule has 4 rings (SSSR count). The number of hydrogen-bond donors (Lipinski definition) is 0. The zero-order chi connectivity index (χ0) is 24.6. The number of rotatable bonds is 8. The van der Waals surface area contributed by atoms with E-state index in [4.69, 9.17) is 0 Å². The second kappa shape index (κ2) is 9.21. The van der Waals surface area contributed by atoms with Crippen molar-refractivity contribution in [2.24, 2.45) is 10.8 Å². The van der Waals surface area contributed by atoms with E-state index in [9.17, 15) is 0 Å². The molecule has 2 atom stereocenters. The molecule has 0 nitrogen and oxygen atoms in total. The van der Waals surface area contributed by atoms with Crippen LogP contribution < -0.4 is 0 Å². The minimum atomic E-state index is -0.266. The Morgan fingerprint density at radius 2 is 1.29 bits per heavy atom. The Morgan fingerprint density at radius 3 is 1.68 bits per heavy atom. The highest BCUT2D eigenvalue weighted by Gasteiger charge is 2.64. The summed E-state index contributed by atoms with van der Waals surface area (Å²) < 4.78 is 0. The molecule has 0 spiro atoms. The van der Waals surface area contributed by atoms with Gasteiger partial charge in [0.2, 0.25) is 0 Å². The third-order valence-electron chi connectivity index (χ3n) is 9.26. The van der Waals surface area contributed by atoms with Crippen LogP contribution >= 0.6 is 0 Å². The van der Waals surface area contributed by atoms with Crippen molar-refractivity contribution in [2.45, 2.75) is 79.6 Å². The first-order valence-electron chi connectivity index (χ1n) is 13.3. The molecule has 0 saturated carbocycles. The maximum Gasteiger partial charge on any atom is 0.0456 e. The summed E-state index contributed by atoms with van der Waals surface area (Å²) in [5.74, 6) is 0. The van der Waals surface area contributed by atoms with Gasteiger partial charge in [-0.3, -0.25) is 0 Å². The van der Waals surface area contributed by atoms with Gasteiger partial charge in [-0.2, -0.15) is 0 Å². The van der Waals surface area contributed by atoms with E-state index in [0.717, 1.165) is 25.7 Å². The highest BCUT2D eigenvalue weighted by Crippen LogP contribution is 2.69. The number of allylic oxidation sites excluding steroid dienone is 8. The summed E-state index contributed by atoms with van der Waals surface area (Å²) in [5.41, 5.74) is 10.0. The highest BCUT2D eigenvalue weighted by molar-refractivity contribution is 5.63. The van der Waals surface area contributed by atoms with E-state index in [-0.39, 0.29) is 16.2 Å². The largest absolute Gasteiger partial charge is 0.0730 e. The van der Waals surface area contributed by atoms with Crippen LogP contribution in [0.25, 0.3) is 0 Å². The van der Waals surface area contributed by atoms with Crippen LogP contribution in [0.5, 0.6) is 0 Å². The number of benzene rings is 2. The lowest BCUT2D eigenvalue weighted by Crippen LogP contribution is -2.56. The van der Waals surface area contributed by atoms with Crippen LogP contribution in [0.2, 0.25) is 0 Å². The molecule has 2 aromatic carbocycles. The van der Waals surface area contributed by atoms with Crippen molar-refractivity contribution in [1.82, 2.24) is 0 Å². The molecule has 2 aliphatic carbocycles. The second-order valence-electron chi connectivity index (χ2n) is 10.3. The lowest BCUT2D eigenvalue weighted by atomic mass is 9.42. The molecule has 0 N–H and O–H groups in total. The third-order valence-corrected chi connectivity index (χ3v) is 9.26. The molecular weight excluding hydrogens is 408 g/mol. The number of hydrogen-bond acceptors (Lipinski definition) is 0. The molecule has 0 saturated heterocycles. The fraction of sp³-hybridized carbons (Fsp3) is 0.412. The van der Waals surface area contributed by atoms with Gasteiger partial charge in [-0.15, -0.1) is 0 Å². The molecule has 2 aromatic rings. The Kier molecular flexibility index (Phi) is 6.65. The normalized spacial score (nSPS) is 24.9. The summed E-state index contributed by atoms with van der Waals surface area (Å²) in [6.45, 7) is 16.6. The van der Waals surface area contributed by atoms with Crippen LogP contribution in [0.3, 0.4) is 0 Å². The molecule has 0 aliphatic heterocycles. The molecule has 0 heteroatoms. The molecule has 0 aromatic heterocycles. The highest BCUT2D eigenvalue weighted by atomic mass is 14.7. The van der Waals surface area contributed by atoms with Crippen LogP contribution in [0.4, 0.5) is 0 Å². The molecular formula is C34H42. The molecule has 34 heavy (non-hydrogen) atoms. The van der Waals surface area contributed by atoms with Crippen molar-refractivity contribution in [3.05, 3.63) is 118 Å². The van der Waals surface area contributed by atoms with E-state index in [2.05, 4.69) is 127 Å². The predicted molar refractivity (Wildman–Crippen MR) is 148 cm³/mol. The van der Waals surface area contributed by atoms with Gasteiger partial charge in [-0.1, -0.05) is 130 Å². The Labute approximate surface area is 208 Å². The average molecular weight is 451 g/mol. The summed E-state index contributed by atoms with van der Waals surface area (Å²) in [6.07, 6.45) is 12.0. The van der Waals surface area contributed by atoms with Crippen molar-refractivity contribution < 1.29 is 0 Å². The van der Waals surface area contributed by atoms with Gasteiger partial charge in [0, 0.05) is 16.2 Å². The monoisotopic (exact) mass is 450 g/mol. The van der Waals surface area contributed by atoms with Gasteiger partial charge in [0.1, 0.15) is 0 Å². The van der Waals surface area contributed by atoms with Gasteiger partial charge in [-0.25, -0.2) is 0 Å². The Hall–Kier alpha value is -2.60. The van der Waals surface area contributed by atoms with Crippen LogP contribution in [-0.4, -0.2) is 0 Å². The maximum absolute atomic E-state index is 2.71. The van der Waals surface area contributed by atoms with Crippen molar-refractivity contribution in [3.8, 4) is 0 Å². The third kappa shape index (κ3) is 3.10. The summed E-state index contributed by atoms with van der Waals surface area (Å²) >= 11 is 0. The molecule has 0 heterocycles. The Bertz CT molecular complexity index is 1120. The van der Waals surface area contributed by atoms with E-state index in [1.165, 1.54) is 22.3 Å². The lowest BCUT2D eigenvalue weighted by Gasteiger charge is -2.59.